The Labute approximate surface area is 241 Å². The van der Waals surface area contributed by atoms with Gasteiger partial charge in [0.05, 0.1) is 11.3 Å². The first kappa shape index (κ1) is 27.1. The molecular formula is C33H38N6O2. The number of amides is 1. The van der Waals surface area contributed by atoms with Crippen LogP contribution in [0.3, 0.4) is 0 Å². The van der Waals surface area contributed by atoms with Crippen LogP contribution < -0.4 is 20.7 Å². The number of piperidine rings is 1. The van der Waals surface area contributed by atoms with Crippen LogP contribution in [-0.2, 0) is 4.79 Å². The third-order valence-corrected chi connectivity index (χ3v) is 8.21. The standard InChI is InChI=1S/C33H38N6O2/c1-22-14-15-25-26(11-5-13-28(25)38-30(40)20-23-8-3-2-4-9-23)31(22)41-32-27(12-7-18-35-32)29-16-19-36-33(39-29)37-24-10-6-17-34-21-24/h5,7,11-16,18-19,23-24,34H,2-4,6,8-10,17,20-21H2,1H3,(H,38,40)(H,36,37,39). The van der Waals surface area contributed by atoms with Crippen molar-refractivity contribution in [3.63, 3.8) is 0 Å². The molecule has 1 amide bonds. The van der Waals surface area contributed by atoms with Gasteiger partial charge >= 0.3 is 0 Å². The Morgan fingerprint density at radius 2 is 1.85 bits per heavy atom. The fourth-order valence-corrected chi connectivity index (χ4v) is 6.04. The molecule has 4 aromatic rings. The number of hydrogen-bond acceptors (Lipinski definition) is 7. The second-order valence-corrected chi connectivity index (χ2v) is 11.3. The third kappa shape index (κ3) is 6.49. The lowest BCUT2D eigenvalue weighted by atomic mass is 9.87. The first-order chi connectivity index (χ1) is 20.1. The molecule has 41 heavy (non-hydrogen) atoms. The summed E-state index contributed by atoms with van der Waals surface area (Å²) in [4.78, 5) is 26.8. The average Bonchev–Trinajstić information content (AvgIpc) is 3.00. The van der Waals surface area contributed by atoms with Gasteiger partial charge in [-0.2, -0.15) is 0 Å². The molecule has 1 saturated carbocycles. The van der Waals surface area contributed by atoms with Gasteiger partial charge in [0.1, 0.15) is 5.75 Å². The average molecular weight is 551 g/mol. The van der Waals surface area contributed by atoms with Gasteiger partial charge in [0, 0.05) is 47.9 Å². The summed E-state index contributed by atoms with van der Waals surface area (Å²) in [6.07, 6.45) is 12.3. The van der Waals surface area contributed by atoms with Crippen molar-refractivity contribution in [1.82, 2.24) is 20.3 Å². The van der Waals surface area contributed by atoms with Crippen LogP contribution in [0, 0.1) is 12.8 Å². The van der Waals surface area contributed by atoms with E-state index in [1.807, 2.05) is 49.4 Å². The van der Waals surface area contributed by atoms with Gasteiger partial charge in [-0.05, 0) is 74.9 Å². The van der Waals surface area contributed by atoms with Crippen LogP contribution in [0.25, 0.3) is 22.0 Å². The second-order valence-electron chi connectivity index (χ2n) is 11.3. The lowest BCUT2D eigenvalue weighted by Crippen LogP contribution is -2.38. The minimum absolute atomic E-state index is 0.0802. The van der Waals surface area contributed by atoms with E-state index in [-0.39, 0.29) is 5.91 Å². The van der Waals surface area contributed by atoms with E-state index in [0.717, 1.165) is 72.1 Å². The molecule has 2 aliphatic rings. The summed E-state index contributed by atoms with van der Waals surface area (Å²) in [6, 6.07) is 16.1. The van der Waals surface area contributed by atoms with E-state index < -0.39 is 0 Å². The van der Waals surface area contributed by atoms with Crippen LogP contribution >= 0.6 is 0 Å². The number of carbonyl (C=O) groups excluding carboxylic acids is 1. The number of aryl methyl sites for hydroxylation is 1. The summed E-state index contributed by atoms with van der Waals surface area (Å²) in [7, 11) is 0. The number of nitrogens with one attached hydrogen (secondary N) is 3. The quantitative estimate of drug-likeness (QED) is 0.220. The number of rotatable bonds is 8. The molecule has 1 unspecified atom stereocenters. The maximum absolute atomic E-state index is 12.9. The highest BCUT2D eigenvalue weighted by molar-refractivity contribution is 6.04. The number of hydrogen-bond donors (Lipinski definition) is 3. The van der Waals surface area contributed by atoms with Crippen LogP contribution in [0.4, 0.5) is 11.6 Å². The number of aromatic nitrogens is 3. The number of nitrogens with zero attached hydrogens (tertiary/aromatic N) is 3. The highest BCUT2D eigenvalue weighted by Crippen LogP contribution is 2.39. The SMILES string of the molecule is Cc1ccc2c(NC(=O)CC3CCCCC3)cccc2c1Oc1ncccc1-c1ccnc(NC2CCCNC2)n1. The first-order valence-corrected chi connectivity index (χ1v) is 14.9. The summed E-state index contributed by atoms with van der Waals surface area (Å²) in [5.74, 6) is 2.35. The molecule has 0 bridgehead atoms. The number of benzene rings is 2. The molecule has 1 aliphatic carbocycles. The smallest absolute Gasteiger partial charge is 0.228 e. The van der Waals surface area contributed by atoms with Crippen molar-refractivity contribution in [3.05, 3.63) is 66.5 Å². The highest BCUT2D eigenvalue weighted by atomic mass is 16.5. The molecule has 212 valence electrons. The van der Waals surface area contributed by atoms with Gasteiger partial charge < -0.3 is 20.7 Å². The molecule has 1 saturated heterocycles. The predicted molar refractivity (Wildman–Crippen MR) is 163 cm³/mol. The number of carbonyl (C=O) groups is 1. The van der Waals surface area contributed by atoms with Crippen molar-refractivity contribution >= 4 is 28.3 Å². The molecule has 2 fully saturated rings. The summed E-state index contributed by atoms with van der Waals surface area (Å²) in [5.41, 5.74) is 3.31. The van der Waals surface area contributed by atoms with Crippen LogP contribution in [0.15, 0.2) is 60.9 Å². The van der Waals surface area contributed by atoms with Gasteiger partial charge in [0.15, 0.2) is 0 Å². The van der Waals surface area contributed by atoms with Crippen molar-refractivity contribution in [1.29, 1.82) is 0 Å². The van der Waals surface area contributed by atoms with Gasteiger partial charge in [-0.1, -0.05) is 43.5 Å². The van der Waals surface area contributed by atoms with Crippen molar-refractivity contribution in [2.75, 3.05) is 23.7 Å². The number of ether oxygens (including phenoxy) is 1. The van der Waals surface area contributed by atoms with E-state index in [0.29, 0.717) is 36.0 Å². The minimum atomic E-state index is 0.0802. The highest BCUT2D eigenvalue weighted by Gasteiger charge is 2.20. The summed E-state index contributed by atoms with van der Waals surface area (Å²) >= 11 is 0. The van der Waals surface area contributed by atoms with Gasteiger partial charge in [0.2, 0.25) is 17.7 Å². The molecule has 2 aromatic heterocycles. The minimum Gasteiger partial charge on any atom is -0.437 e. The van der Waals surface area contributed by atoms with Gasteiger partial charge in [-0.3, -0.25) is 4.79 Å². The monoisotopic (exact) mass is 550 g/mol. The lowest BCUT2D eigenvalue weighted by molar-refractivity contribution is -0.117. The van der Waals surface area contributed by atoms with Crippen LogP contribution in [-0.4, -0.2) is 40.0 Å². The van der Waals surface area contributed by atoms with Crippen LogP contribution in [0.1, 0.15) is 56.9 Å². The van der Waals surface area contributed by atoms with Crippen LogP contribution in [0.2, 0.25) is 0 Å². The fourth-order valence-electron chi connectivity index (χ4n) is 6.04. The first-order valence-electron chi connectivity index (χ1n) is 14.9. The van der Waals surface area contributed by atoms with E-state index in [4.69, 9.17) is 9.72 Å². The van der Waals surface area contributed by atoms with Crippen molar-refractivity contribution in [2.24, 2.45) is 5.92 Å². The molecule has 1 aliphatic heterocycles. The Kier molecular flexibility index (Phi) is 8.37. The van der Waals surface area contributed by atoms with E-state index in [9.17, 15) is 4.79 Å². The zero-order chi connectivity index (χ0) is 28.0. The second kappa shape index (κ2) is 12.6. The Bertz CT molecular complexity index is 1510. The van der Waals surface area contributed by atoms with Gasteiger partial charge in [0.25, 0.3) is 0 Å². The maximum Gasteiger partial charge on any atom is 0.228 e. The molecule has 1 atom stereocenters. The molecule has 8 nitrogen and oxygen atoms in total. The summed E-state index contributed by atoms with van der Waals surface area (Å²) in [6.45, 7) is 3.98. The van der Waals surface area contributed by atoms with E-state index >= 15 is 0 Å². The number of anilines is 2. The normalized spacial score (nSPS) is 17.7. The molecule has 0 spiro atoms. The van der Waals surface area contributed by atoms with Crippen molar-refractivity contribution < 1.29 is 9.53 Å². The molecule has 2 aromatic carbocycles. The predicted octanol–water partition coefficient (Wildman–Crippen LogP) is 6.87. The molecular weight excluding hydrogens is 512 g/mol. The summed E-state index contributed by atoms with van der Waals surface area (Å²) < 4.78 is 6.56. The summed E-state index contributed by atoms with van der Waals surface area (Å²) in [5, 5.41) is 11.9. The Morgan fingerprint density at radius 3 is 2.71 bits per heavy atom. The molecule has 8 heteroatoms. The Hall–Kier alpha value is -4.04. The number of fused-ring (bicyclic) bond motifs is 1. The Morgan fingerprint density at radius 1 is 0.951 bits per heavy atom. The van der Waals surface area contributed by atoms with Crippen molar-refractivity contribution in [2.45, 2.75) is 64.3 Å². The zero-order valence-electron chi connectivity index (χ0n) is 23.7. The lowest BCUT2D eigenvalue weighted by Gasteiger charge is -2.23. The molecule has 3 heterocycles. The van der Waals surface area contributed by atoms with E-state index in [1.165, 1.54) is 19.3 Å². The van der Waals surface area contributed by atoms with Crippen molar-refractivity contribution in [3.8, 4) is 22.9 Å². The topological polar surface area (TPSA) is 101 Å². The molecule has 6 rings (SSSR count). The zero-order valence-corrected chi connectivity index (χ0v) is 23.7. The van der Waals surface area contributed by atoms with Gasteiger partial charge in [-0.15, -0.1) is 0 Å². The molecule has 3 N–H and O–H groups in total. The molecule has 0 radical (unpaired) electrons. The van der Waals surface area contributed by atoms with E-state index in [2.05, 4.69) is 32.0 Å². The third-order valence-electron chi connectivity index (χ3n) is 8.21. The number of pyridine rings is 1. The fraction of sp³-hybridized carbons (Fsp3) is 0.394. The maximum atomic E-state index is 12.9. The van der Waals surface area contributed by atoms with E-state index in [1.54, 1.807) is 12.4 Å². The largest absolute Gasteiger partial charge is 0.437 e. The van der Waals surface area contributed by atoms with Gasteiger partial charge in [-0.25, -0.2) is 15.0 Å². The Balaban J connectivity index is 1.26. The van der Waals surface area contributed by atoms with Crippen LogP contribution in [0.5, 0.6) is 11.6 Å².